The van der Waals surface area contributed by atoms with E-state index in [1.807, 2.05) is 33.9 Å². The second-order valence-corrected chi connectivity index (χ2v) is 19.2. The molecule has 2 aromatic rings. The molecule has 3 heterocycles. The van der Waals surface area contributed by atoms with Crippen molar-refractivity contribution in [3.05, 3.63) is 24.0 Å². The fourth-order valence-electron chi connectivity index (χ4n) is 7.22. The summed E-state index contributed by atoms with van der Waals surface area (Å²) in [6.07, 6.45) is 3.56. The zero-order valence-electron chi connectivity index (χ0n) is 26.1. The van der Waals surface area contributed by atoms with Crippen LogP contribution >= 0.6 is 0 Å². The van der Waals surface area contributed by atoms with Crippen LogP contribution in [-0.4, -0.2) is 66.9 Å². The molecule has 11 heteroatoms. The number of amides is 1. The van der Waals surface area contributed by atoms with Gasteiger partial charge in [0, 0.05) is 37.0 Å². The standard InChI is InChI=1S/C29H48BN3O6Si/c1-18(2)40(19(3)4,20(5)6)33-13-12-22-24(29(35)14-21(15-29)37-26(34)32-17-36-11)23(16-31-25(22)33)30-38-27(7,8)28(9,10)39-30/h12-13,16,18-21,35H,14-15,17H2,1-11H3,(H,32,34). The zero-order valence-corrected chi connectivity index (χ0v) is 27.1. The van der Waals surface area contributed by atoms with E-state index < -0.39 is 44.4 Å². The summed E-state index contributed by atoms with van der Waals surface area (Å²) in [4.78, 5) is 17.2. The molecule has 40 heavy (non-hydrogen) atoms. The first kappa shape index (κ1) is 31.0. The predicted octanol–water partition coefficient (Wildman–Crippen LogP) is 5.04. The highest BCUT2D eigenvalue weighted by Crippen LogP contribution is 2.48. The summed E-state index contributed by atoms with van der Waals surface area (Å²) in [5.74, 6) is 0. The lowest BCUT2D eigenvalue weighted by molar-refractivity contribution is -0.120. The lowest BCUT2D eigenvalue weighted by Crippen LogP contribution is -2.53. The number of carbonyl (C=O) groups is 1. The third kappa shape index (κ3) is 4.91. The van der Waals surface area contributed by atoms with Gasteiger partial charge in [-0.1, -0.05) is 41.5 Å². The predicted molar refractivity (Wildman–Crippen MR) is 160 cm³/mol. The molecule has 0 unspecified atom stereocenters. The lowest BCUT2D eigenvalue weighted by Gasteiger charge is -2.45. The quantitative estimate of drug-likeness (QED) is 0.320. The number of pyridine rings is 1. The molecular weight excluding hydrogens is 525 g/mol. The maximum Gasteiger partial charge on any atom is 0.496 e. The maximum atomic E-state index is 12.1. The number of carbonyl (C=O) groups excluding carboxylic acids is 1. The van der Waals surface area contributed by atoms with Crippen LogP contribution in [0, 0.1) is 0 Å². The Labute approximate surface area is 240 Å². The molecule has 0 atom stereocenters. The van der Waals surface area contributed by atoms with Gasteiger partial charge < -0.3 is 28.1 Å². The average molecular weight is 574 g/mol. The van der Waals surface area contributed by atoms with Crippen LogP contribution in [0.4, 0.5) is 4.79 Å². The number of aliphatic hydroxyl groups is 1. The average Bonchev–Trinajstić information content (AvgIpc) is 3.33. The van der Waals surface area contributed by atoms with Gasteiger partial charge in [-0.25, -0.2) is 9.78 Å². The lowest BCUT2D eigenvalue weighted by atomic mass is 9.64. The first-order valence-electron chi connectivity index (χ1n) is 14.5. The van der Waals surface area contributed by atoms with Crippen LogP contribution in [0.5, 0.6) is 0 Å². The highest BCUT2D eigenvalue weighted by atomic mass is 28.3. The molecule has 1 saturated heterocycles. The third-order valence-corrected chi connectivity index (χ3v) is 16.4. The van der Waals surface area contributed by atoms with Crippen molar-refractivity contribution in [1.82, 2.24) is 14.5 Å². The SMILES string of the molecule is COCNC(=O)OC1CC(O)(c2c(B3OC(C)(C)C(C)(C)O3)cnc3c2ccn3[Si](C(C)C)(C(C)C)C(C)C)C1. The molecule has 2 fully saturated rings. The fourth-order valence-corrected chi connectivity index (χ4v) is 13.8. The van der Waals surface area contributed by atoms with Gasteiger partial charge in [-0.15, -0.1) is 0 Å². The van der Waals surface area contributed by atoms with E-state index >= 15 is 0 Å². The van der Waals surface area contributed by atoms with Gasteiger partial charge in [0.2, 0.25) is 0 Å². The number of methoxy groups -OCH3 is 1. The topological polar surface area (TPSA) is 104 Å². The Morgan fingerprint density at radius 3 is 2.17 bits per heavy atom. The number of fused-ring (bicyclic) bond motifs is 1. The minimum atomic E-state index is -2.11. The summed E-state index contributed by atoms with van der Waals surface area (Å²) in [5.41, 5.74) is 1.48. The molecule has 0 bridgehead atoms. The monoisotopic (exact) mass is 573 g/mol. The number of nitrogens with one attached hydrogen (secondary N) is 1. The van der Waals surface area contributed by atoms with Crippen LogP contribution < -0.4 is 10.8 Å². The minimum Gasteiger partial charge on any atom is -0.446 e. The minimum absolute atomic E-state index is 0.0631. The maximum absolute atomic E-state index is 12.1. The van der Waals surface area contributed by atoms with Gasteiger partial charge in [0.15, 0.2) is 8.24 Å². The van der Waals surface area contributed by atoms with Gasteiger partial charge in [-0.05, 0) is 62.1 Å². The molecule has 1 amide bonds. The van der Waals surface area contributed by atoms with Crippen molar-refractivity contribution in [3.63, 3.8) is 0 Å². The molecule has 0 radical (unpaired) electrons. The first-order valence-corrected chi connectivity index (χ1v) is 16.7. The summed E-state index contributed by atoms with van der Waals surface area (Å²) in [5, 5.41) is 15.5. The van der Waals surface area contributed by atoms with Gasteiger partial charge in [0.25, 0.3) is 0 Å². The molecule has 2 aromatic heterocycles. The fraction of sp³-hybridized carbons (Fsp3) is 0.724. The molecule has 0 aromatic carbocycles. The van der Waals surface area contributed by atoms with E-state index in [0.29, 0.717) is 16.6 Å². The van der Waals surface area contributed by atoms with Crippen LogP contribution in [0.25, 0.3) is 11.0 Å². The van der Waals surface area contributed by atoms with Crippen LogP contribution in [0.2, 0.25) is 16.6 Å². The third-order valence-electron chi connectivity index (χ3n) is 9.67. The Morgan fingerprint density at radius 2 is 1.68 bits per heavy atom. The summed E-state index contributed by atoms with van der Waals surface area (Å²) < 4.78 is 25.8. The van der Waals surface area contributed by atoms with E-state index in [-0.39, 0.29) is 19.6 Å². The van der Waals surface area contributed by atoms with E-state index in [1.54, 1.807) is 0 Å². The number of aromatic nitrogens is 2. The molecule has 2 aliphatic rings. The van der Waals surface area contributed by atoms with Crippen molar-refractivity contribution >= 4 is 37.9 Å². The second-order valence-electron chi connectivity index (χ2n) is 13.5. The molecule has 2 N–H and O–H groups in total. The van der Waals surface area contributed by atoms with Gasteiger partial charge in [-0.2, -0.15) is 0 Å². The Bertz CT molecular complexity index is 1200. The van der Waals surface area contributed by atoms with Crippen molar-refractivity contribution in [1.29, 1.82) is 0 Å². The highest BCUT2D eigenvalue weighted by Gasteiger charge is 2.56. The van der Waals surface area contributed by atoms with Crippen LogP contribution in [-0.2, 0) is 24.4 Å². The molecule has 1 aliphatic carbocycles. The van der Waals surface area contributed by atoms with E-state index in [9.17, 15) is 9.90 Å². The number of rotatable bonds is 9. The first-order chi connectivity index (χ1) is 18.5. The van der Waals surface area contributed by atoms with Gasteiger partial charge in [-0.3, -0.25) is 5.32 Å². The van der Waals surface area contributed by atoms with Crippen molar-refractivity contribution in [2.24, 2.45) is 0 Å². The molecular formula is C29H48BN3O6Si. The smallest absolute Gasteiger partial charge is 0.446 e. The largest absolute Gasteiger partial charge is 0.496 e. The summed E-state index contributed by atoms with van der Waals surface area (Å²) >= 11 is 0. The summed E-state index contributed by atoms with van der Waals surface area (Å²) in [6.45, 7) is 22.1. The number of hydrogen-bond acceptors (Lipinski definition) is 7. The zero-order chi connectivity index (χ0) is 29.8. The number of nitrogens with zero attached hydrogens (tertiary/aromatic N) is 2. The summed E-state index contributed by atoms with van der Waals surface area (Å²) in [7, 11) is -1.30. The van der Waals surface area contributed by atoms with Crippen LogP contribution in [0.15, 0.2) is 18.5 Å². The molecule has 9 nitrogen and oxygen atoms in total. The van der Waals surface area contributed by atoms with Crippen LogP contribution in [0.1, 0.15) is 87.6 Å². The Kier molecular flexibility index (Phi) is 8.32. The van der Waals surface area contributed by atoms with E-state index in [0.717, 1.165) is 22.1 Å². The molecule has 4 rings (SSSR count). The van der Waals surface area contributed by atoms with E-state index in [4.69, 9.17) is 23.8 Å². The molecule has 222 valence electrons. The van der Waals surface area contributed by atoms with Gasteiger partial charge in [0.05, 0.1) is 16.8 Å². The molecule has 1 aliphatic heterocycles. The summed E-state index contributed by atoms with van der Waals surface area (Å²) in [6, 6.07) is 2.10. The molecule has 1 saturated carbocycles. The number of alkyl carbamates (subject to hydrolysis) is 1. The Morgan fingerprint density at radius 1 is 1.12 bits per heavy atom. The van der Waals surface area contributed by atoms with Gasteiger partial charge in [0.1, 0.15) is 18.5 Å². The van der Waals surface area contributed by atoms with Crippen molar-refractivity contribution < 1.29 is 28.7 Å². The van der Waals surface area contributed by atoms with Gasteiger partial charge >= 0.3 is 13.2 Å². The second kappa shape index (κ2) is 10.7. The normalized spacial score (nSPS) is 24.3. The number of hydrogen-bond donors (Lipinski definition) is 2. The van der Waals surface area contributed by atoms with E-state index in [2.05, 4.69) is 63.4 Å². The van der Waals surface area contributed by atoms with Crippen molar-refractivity contribution in [2.45, 2.75) is 122 Å². The van der Waals surface area contributed by atoms with Crippen molar-refractivity contribution in [3.8, 4) is 0 Å². The Balaban J connectivity index is 1.84. The number of ether oxygens (including phenoxy) is 2. The van der Waals surface area contributed by atoms with Crippen LogP contribution in [0.3, 0.4) is 0 Å². The van der Waals surface area contributed by atoms with Crippen molar-refractivity contribution in [2.75, 3.05) is 13.8 Å². The highest BCUT2D eigenvalue weighted by molar-refractivity contribution is 6.82. The Hall–Kier alpha value is -1.92. The van der Waals surface area contributed by atoms with E-state index in [1.165, 1.54) is 7.11 Å². The molecule has 0 spiro atoms.